The number of rotatable bonds is 2. The van der Waals surface area contributed by atoms with Crippen LogP contribution in [-0.4, -0.2) is 18.1 Å². The average molecular weight is 245 g/mol. The average Bonchev–Trinajstić information content (AvgIpc) is 2.66. The van der Waals surface area contributed by atoms with Gasteiger partial charge in [0.2, 0.25) is 0 Å². The summed E-state index contributed by atoms with van der Waals surface area (Å²) in [7, 11) is 1.67. The van der Waals surface area contributed by atoms with Crippen LogP contribution in [0.3, 0.4) is 0 Å². The summed E-state index contributed by atoms with van der Waals surface area (Å²) in [6.07, 6.45) is 0. The molecule has 1 aromatic heterocycles. The maximum Gasteiger partial charge on any atom is 0.261 e. The van der Waals surface area contributed by atoms with Gasteiger partial charge in [0, 0.05) is 18.8 Å². The Balaban J connectivity index is 2.32. The summed E-state index contributed by atoms with van der Waals surface area (Å²) < 4.78 is 5.35. The van der Waals surface area contributed by atoms with Crippen LogP contribution in [0.15, 0.2) is 34.7 Å². The van der Waals surface area contributed by atoms with Crippen molar-refractivity contribution in [1.82, 2.24) is 0 Å². The fraction of sp³-hybridized carbons (Fsp3) is 0.214. The number of hydrogen-bond acceptors (Lipinski definition) is 3. The van der Waals surface area contributed by atoms with Gasteiger partial charge in [-0.25, -0.2) is 0 Å². The molecule has 0 aliphatic carbocycles. The summed E-state index contributed by atoms with van der Waals surface area (Å²) in [5.74, 6) is 1.28. The monoisotopic (exact) mass is 245 g/mol. The summed E-state index contributed by atoms with van der Waals surface area (Å²) >= 11 is 0. The Labute approximate surface area is 105 Å². The van der Waals surface area contributed by atoms with Crippen LogP contribution < -0.4 is 4.90 Å². The van der Waals surface area contributed by atoms with Crippen molar-refractivity contribution in [2.75, 3.05) is 11.9 Å². The second-order valence-electron chi connectivity index (χ2n) is 4.21. The number of carbonyl (C=O) groups is 1. The van der Waals surface area contributed by atoms with Gasteiger partial charge in [-0.15, -0.1) is 0 Å². The van der Waals surface area contributed by atoms with E-state index < -0.39 is 0 Å². The van der Waals surface area contributed by atoms with E-state index in [1.165, 1.54) is 4.90 Å². The van der Waals surface area contributed by atoms with Crippen LogP contribution in [0.5, 0.6) is 5.75 Å². The van der Waals surface area contributed by atoms with Gasteiger partial charge in [0.25, 0.3) is 5.91 Å². The van der Waals surface area contributed by atoms with Gasteiger partial charge in [-0.2, -0.15) is 0 Å². The molecule has 4 nitrogen and oxygen atoms in total. The van der Waals surface area contributed by atoms with Gasteiger partial charge in [0.15, 0.2) is 0 Å². The summed E-state index contributed by atoms with van der Waals surface area (Å²) in [4.78, 5) is 13.8. The fourth-order valence-electron chi connectivity index (χ4n) is 1.84. The van der Waals surface area contributed by atoms with E-state index in [0.29, 0.717) is 22.8 Å². The van der Waals surface area contributed by atoms with E-state index in [0.717, 1.165) is 0 Å². The molecule has 1 heterocycles. The number of phenolic OH excluding ortho intramolecular Hbond substituents is 1. The zero-order valence-corrected chi connectivity index (χ0v) is 10.6. The van der Waals surface area contributed by atoms with E-state index in [1.807, 2.05) is 0 Å². The van der Waals surface area contributed by atoms with Crippen molar-refractivity contribution in [2.24, 2.45) is 0 Å². The molecule has 0 radical (unpaired) electrons. The van der Waals surface area contributed by atoms with Crippen molar-refractivity contribution >= 4 is 11.6 Å². The zero-order valence-electron chi connectivity index (χ0n) is 10.6. The quantitative estimate of drug-likeness (QED) is 0.885. The number of aryl methyl sites for hydroxylation is 2. The molecule has 1 amide bonds. The van der Waals surface area contributed by atoms with E-state index in [2.05, 4.69) is 0 Å². The largest absolute Gasteiger partial charge is 0.508 e. The number of carbonyl (C=O) groups excluding carboxylic acids is 1. The van der Waals surface area contributed by atoms with E-state index in [1.54, 1.807) is 51.2 Å². The summed E-state index contributed by atoms with van der Waals surface area (Å²) in [6.45, 7) is 3.56. The third kappa shape index (κ3) is 2.22. The first-order valence-corrected chi connectivity index (χ1v) is 5.63. The lowest BCUT2D eigenvalue weighted by Gasteiger charge is -2.16. The van der Waals surface area contributed by atoms with Gasteiger partial charge in [0.05, 0.1) is 5.56 Å². The number of amides is 1. The van der Waals surface area contributed by atoms with Crippen LogP contribution in [-0.2, 0) is 0 Å². The Bertz CT molecular complexity index is 586. The molecule has 1 aromatic carbocycles. The first kappa shape index (κ1) is 12.2. The third-order valence-corrected chi connectivity index (χ3v) is 2.79. The lowest BCUT2D eigenvalue weighted by molar-refractivity contribution is 0.0991. The number of nitrogens with zero attached hydrogens (tertiary/aromatic N) is 1. The van der Waals surface area contributed by atoms with Crippen molar-refractivity contribution < 1.29 is 14.3 Å². The minimum atomic E-state index is -0.157. The highest BCUT2D eigenvalue weighted by Crippen LogP contribution is 2.22. The molecule has 0 aliphatic heterocycles. The molecular weight excluding hydrogens is 230 g/mol. The first-order valence-electron chi connectivity index (χ1n) is 5.63. The molecular formula is C14H15NO3. The van der Waals surface area contributed by atoms with E-state index >= 15 is 0 Å². The molecule has 0 unspecified atom stereocenters. The molecule has 0 bridgehead atoms. The molecule has 94 valence electrons. The van der Waals surface area contributed by atoms with Crippen molar-refractivity contribution in [3.05, 3.63) is 47.4 Å². The maximum atomic E-state index is 12.3. The normalized spacial score (nSPS) is 10.4. The smallest absolute Gasteiger partial charge is 0.261 e. The number of benzene rings is 1. The van der Waals surface area contributed by atoms with E-state index in [4.69, 9.17) is 4.42 Å². The third-order valence-electron chi connectivity index (χ3n) is 2.79. The summed E-state index contributed by atoms with van der Waals surface area (Å²) in [5.41, 5.74) is 1.18. The molecule has 0 atom stereocenters. The summed E-state index contributed by atoms with van der Waals surface area (Å²) in [6, 6.07) is 8.29. The fourth-order valence-corrected chi connectivity index (χ4v) is 1.84. The molecule has 1 N–H and O–H groups in total. The Hall–Kier alpha value is -2.23. The van der Waals surface area contributed by atoms with Gasteiger partial charge < -0.3 is 14.4 Å². The Morgan fingerprint density at radius 3 is 2.56 bits per heavy atom. The van der Waals surface area contributed by atoms with Crippen molar-refractivity contribution in [3.8, 4) is 5.75 Å². The molecule has 0 spiro atoms. The van der Waals surface area contributed by atoms with Crippen LogP contribution in [0.4, 0.5) is 5.69 Å². The minimum Gasteiger partial charge on any atom is -0.508 e. The van der Waals surface area contributed by atoms with Gasteiger partial charge >= 0.3 is 0 Å². The van der Waals surface area contributed by atoms with Crippen LogP contribution in [0.25, 0.3) is 0 Å². The second-order valence-corrected chi connectivity index (χ2v) is 4.21. The minimum absolute atomic E-state index is 0.132. The van der Waals surface area contributed by atoms with Crippen LogP contribution in [0, 0.1) is 13.8 Å². The van der Waals surface area contributed by atoms with Crippen molar-refractivity contribution in [1.29, 1.82) is 0 Å². The molecule has 0 saturated heterocycles. The van der Waals surface area contributed by atoms with Gasteiger partial charge in [-0.1, -0.05) is 6.07 Å². The van der Waals surface area contributed by atoms with Crippen LogP contribution in [0.1, 0.15) is 21.9 Å². The lowest BCUT2D eigenvalue weighted by Crippen LogP contribution is -2.26. The van der Waals surface area contributed by atoms with Crippen molar-refractivity contribution in [3.63, 3.8) is 0 Å². The van der Waals surface area contributed by atoms with Crippen LogP contribution >= 0.6 is 0 Å². The lowest BCUT2D eigenvalue weighted by atomic mass is 10.2. The molecule has 0 saturated carbocycles. The van der Waals surface area contributed by atoms with Gasteiger partial charge in [-0.05, 0) is 32.0 Å². The standard InChI is InChI=1S/C14H15NO3/c1-9-7-13(10(2)18-9)14(17)15(3)11-5-4-6-12(16)8-11/h4-8,16H,1-3H3. The maximum absolute atomic E-state index is 12.3. The molecule has 2 rings (SSSR count). The Morgan fingerprint density at radius 1 is 1.28 bits per heavy atom. The van der Waals surface area contributed by atoms with Gasteiger partial charge in [0.1, 0.15) is 17.3 Å². The number of phenols is 1. The molecule has 18 heavy (non-hydrogen) atoms. The Kier molecular flexibility index (Phi) is 3.10. The highest BCUT2D eigenvalue weighted by molar-refractivity contribution is 6.06. The predicted molar refractivity (Wildman–Crippen MR) is 69.0 cm³/mol. The zero-order chi connectivity index (χ0) is 13.3. The number of anilines is 1. The molecule has 2 aromatic rings. The number of aromatic hydroxyl groups is 1. The van der Waals surface area contributed by atoms with Crippen molar-refractivity contribution in [2.45, 2.75) is 13.8 Å². The van der Waals surface area contributed by atoms with E-state index in [-0.39, 0.29) is 11.7 Å². The first-order chi connectivity index (χ1) is 8.49. The number of furan rings is 1. The van der Waals surface area contributed by atoms with E-state index in [9.17, 15) is 9.90 Å². The number of hydrogen-bond donors (Lipinski definition) is 1. The Morgan fingerprint density at radius 2 is 2.00 bits per heavy atom. The molecule has 4 heteroatoms. The van der Waals surface area contributed by atoms with Crippen LogP contribution in [0.2, 0.25) is 0 Å². The summed E-state index contributed by atoms with van der Waals surface area (Å²) in [5, 5.41) is 9.42. The van der Waals surface area contributed by atoms with Gasteiger partial charge in [-0.3, -0.25) is 4.79 Å². The predicted octanol–water partition coefficient (Wildman–Crippen LogP) is 2.88. The SMILES string of the molecule is Cc1cc(C(=O)N(C)c2cccc(O)c2)c(C)o1. The molecule has 0 fully saturated rings. The highest BCUT2D eigenvalue weighted by Gasteiger charge is 2.18. The molecule has 0 aliphatic rings. The topological polar surface area (TPSA) is 53.7 Å². The highest BCUT2D eigenvalue weighted by atomic mass is 16.3. The second kappa shape index (κ2) is 4.56.